The first-order valence-corrected chi connectivity index (χ1v) is 8.44. The number of carbonyl (C=O) groups is 2. The van der Waals surface area contributed by atoms with Gasteiger partial charge in [-0.05, 0) is 26.2 Å². The molecule has 0 saturated carbocycles. The number of amides is 2. The molecule has 1 saturated heterocycles. The van der Waals surface area contributed by atoms with Crippen molar-refractivity contribution in [2.75, 3.05) is 25.0 Å². The van der Waals surface area contributed by atoms with E-state index in [0.29, 0.717) is 31.1 Å². The molecule has 0 aliphatic carbocycles. The highest BCUT2D eigenvalue weighted by Gasteiger charge is 2.27. The largest absolute Gasteiger partial charge is 0.369 e. The molecule has 1 aromatic rings. The van der Waals surface area contributed by atoms with E-state index < -0.39 is 0 Å². The van der Waals surface area contributed by atoms with E-state index in [1.54, 1.807) is 10.4 Å². The maximum atomic E-state index is 12.1. The Morgan fingerprint density at radius 1 is 1.50 bits per heavy atom. The predicted octanol–water partition coefficient (Wildman–Crippen LogP) is 1.53. The summed E-state index contributed by atoms with van der Waals surface area (Å²) in [6, 6.07) is 0. The van der Waals surface area contributed by atoms with Gasteiger partial charge in [0.2, 0.25) is 16.9 Å². The Bertz CT molecular complexity index is 486. The Labute approximate surface area is 134 Å². The van der Waals surface area contributed by atoms with Gasteiger partial charge in [-0.3, -0.25) is 9.59 Å². The molecule has 1 unspecified atom stereocenters. The van der Waals surface area contributed by atoms with E-state index in [1.165, 1.54) is 11.3 Å². The number of nitrogens with zero attached hydrogens (tertiary/aromatic N) is 3. The molecule has 22 heavy (non-hydrogen) atoms. The minimum absolute atomic E-state index is 0.00304. The van der Waals surface area contributed by atoms with E-state index in [0.717, 1.165) is 6.42 Å². The molecular formula is C14H22N4O3S. The van der Waals surface area contributed by atoms with Crippen LogP contribution in [0.1, 0.15) is 33.1 Å². The molecule has 1 aliphatic heterocycles. The Morgan fingerprint density at radius 3 is 2.82 bits per heavy atom. The number of nitrogens with one attached hydrogen (secondary N) is 1. The van der Waals surface area contributed by atoms with Crippen LogP contribution >= 0.6 is 11.3 Å². The molecule has 2 amide bonds. The average molecular weight is 326 g/mol. The molecule has 1 atom stereocenters. The number of rotatable bonds is 6. The highest BCUT2D eigenvalue weighted by molar-refractivity contribution is 7.13. The van der Waals surface area contributed by atoms with Crippen LogP contribution in [0.15, 0.2) is 5.51 Å². The molecule has 0 spiro atoms. The molecular weight excluding hydrogens is 304 g/mol. The van der Waals surface area contributed by atoms with Crippen LogP contribution in [0.4, 0.5) is 5.13 Å². The summed E-state index contributed by atoms with van der Waals surface area (Å²) in [6.45, 7) is 5.29. The van der Waals surface area contributed by atoms with E-state index in [2.05, 4.69) is 15.5 Å². The first-order chi connectivity index (χ1) is 10.6. The van der Waals surface area contributed by atoms with Gasteiger partial charge in [0.15, 0.2) is 0 Å². The number of hydrogen-bond acceptors (Lipinski definition) is 6. The van der Waals surface area contributed by atoms with Gasteiger partial charge in [0, 0.05) is 19.0 Å². The zero-order chi connectivity index (χ0) is 15.9. The number of anilines is 1. The first-order valence-electron chi connectivity index (χ1n) is 7.56. The molecule has 1 fully saturated rings. The van der Waals surface area contributed by atoms with Crippen molar-refractivity contribution in [2.45, 2.75) is 39.2 Å². The highest BCUT2D eigenvalue weighted by atomic mass is 32.1. The van der Waals surface area contributed by atoms with Gasteiger partial charge in [-0.2, -0.15) is 0 Å². The zero-order valence-electron chi connectivity index (χ0n) is 12.9. The van der Waals surface area contributed by atoms with Crippen molar-refractivity contribution in [1.82, 2.24) is 15.1 Å². The van der Waals surface area contributed by atoms with Gasteiger partial charge in [-0.25, -0.2) is 0 Å². The van der Waals surface area contributed by atoms with Gasteiger partial charge in [0.25, 0.3) is 0 Å². The van der Waals surface area contributed by atoms with E-state index >= 15 is 0 Å². The van der Waals surface area contributed by atoms with Gasteiger partial charge in [0.05, 0.1) is 6.10 Å². The quantitative estimate of drug-likeness (QED) is 0.857. The van der Waals surface area contributed by atoms with E-state index in [9.17, 15) is 9.59 Å². The summed E-state index contributed by atoms with van der Waals surface area (Å²) >= 11 is 1.30. The summed E-state index contributed by atoms with van der Waals surface area (Å²) in [7, 11) is 0. The van der Waals surface area contributed by atoms with Crippen molar-refractivity contribution in [3.63, 3.8) is 0 Å². The van der Waals surface area contributed by atoms with Crippen molar-refractivity contribution in [2.24, 2.45) is 5.92 Å². The maximum absolute atomic E-state index is 12.1. The van der Waals surface area contributed by atoms with Crippen molar-refractivity contribution in [3.05, 3.63) is 5.51 Å². The summed E-state index contributed by atoms with van der Waals surface area (Å²) in [6.07, 6.45) is 2.32. The lowest BCUT2D eigenvalue weighted by Gasteiger charge is -2.31. The monoisotopic (exact) mass is 326 g/mol. The number of carbonyl (C=O) groups excluding carboxylic acids is 2. The topological polar surface area (TPSA) is 84.4 Å². The third kappa shape index (κ3) is 4.74. The molecule has 1 N–H and O–H groups in total. The van der Waals surface area contributed by atoms with Crippen LogP contribution in [0, 0.1) is 5.92 Å². The fourth-order valence-corrected chi connectivity index (χ4v) is 2.70. The van der Waals surface area contributed by atoms with Gasteiger partial charge in [-0.1, -0.05) is 18.3 Å². The Hall–Kier alpha value is -1.54. The van der Waals surface area contributed by atoms with Crippen LogP contribution in [0.25, 0.3) is 0 Å². The third-order valence-electron chi connectivity index (χ3n) is 3.87. The van der Waals surface area contributed by atoms with Crippen molar-refractivity contribution >= 4 is 28.3 Å². The zero-order valence-corrected chi connectivity index (χ0v) is 13.8. The molecule has 1 aliphatic rings. The van der Waals surface area contributed by atoms with Gasteiger partial charge < -0.3 is 15.0 Å². The van der Waals surface area contributed by atoms with Gasteiger partial charge in [-0.15, -0.1) is 10.2 Å². The van der Waals surface area contributed by atoms with E-state index in [-0.39, 0.29) is 30.4 Å². The first kappa shape index (κ1) is 16.8. The average Bonchev–Trinajstić information content (AvgIpc) is 3.05. The van der Waals surface area contributed by atoms with Crippen LogP contribution in [-0.4, -0.2) is 52.7 Å². The van der Waals surface area contributed by atoms with E-state index in [4.69, 9.17) is 4.74 Å². The molecule has 122 valence electrons. The summed E-state index contributed by atoms with van der Waals surface area (Å²) in [5.41, 5.74) is 1.58. The second-order valence-corrected chi connectivity index (χ2v) is 6.25. The van der Waals surface area contributed by atoms with Crippen molar-refractivity contribution < 1.29 is 14.3 Å². The summed E-state index contributed by atoms with van der Waals surface area (Å²) in [5, 5.41) is 10.8. The molecule has 2 heterocycles. The molecule has 2 rings (SSSR count). The molecule has 0 bridgehead atoms. The van der Waals surface area contributed by atoms with Crippen LogP contribution in [0.5, 0.6) is 0 Å². The second kappa shape index (κ2) is 8.19. The molecule has 0 aromatic carbocycles. The van der Waals surface area contributed by atoms with Gasteiger partial charge >= 0.3 is 0 Å². The Kier molecular flexibility index (Phi) is 6.26. The number of hydrogen-bond donors (Lipinski definition) is 1. The molecule has 8 heteroatoms. The Balaban J connectivity index is 1.73. The fraction of sp³-hybridized carbons (Fsp3) is 0.714. The molecule has 7 nitrogen and oxygen atoms in total. The van der Waals surface area contributed by atoms with Gasteiger partial charge in [0.1, 0.15) is 12.1 Å². The Morgan fingerprint density at radius 2 is 2.23 bits per heavy atom. The lowest BCUT2D eigenvalue weighted by molar-refractivity contribution is -0.140. The smallest absolute Gasteiger partial charge is 0.248 e. The SMILES string of the molecule is CCC(C)OCC(=O)N1CCC(C(=O)Nc2nncs2)CC1. The van der Waals surface area contributed by atoms with Crippen LogP contribution < -0.4 is 5.32 Å². The minimum Gasteiger partial charge on any atom is -0.369 e. The van der Waals surface area contributed by atoms with Crippen LogP contribution in [0.2, 0.25) is 0 Å². The number of aromatic nitrogens is 2. The minimum atomic E-state index is -0.0802. The van der Waals surface area contributed by atoms with Crippen LogP contribution in [-0.2, 0) is 14.3 Å². The summed E-state index contributed by atoms with van der Waals surface area (Å²) < 4.78 is 5.47. The summed E-state index contributed by atoms with van der Waals surface area (Å²) in [4.78, 5) is 25.9. The standard InChI is InChI=1S/C14H22N4O3S/c1-3-10(2)21-8-12(19)18-6-4-11(5-7-18)13(20)16-14-17-15-9-22-14/h9-11H,3-8H2,1-2H3,(H,16,17,20). The second-order valence-electron chi connectivity index (χ2n) is 5.42. The van der Waals surface area contributed by atoms with Crippen molar-refractivity contribution in [1.29, 1.82) is 0 Å². The lowest BCUT2D eigenvalue weighted by atomic mass is 9.96. The van der Waals surface area contributed by atoms with Crippen molar-refractivity contribution in [3.8, 4) is 0 Å². The predicted molar refractivity (Wildman–Crippen MR) is 83.5 cm³/mol. The van der Waals surface area contributed by atoms with Crippen LogP contribution in [0.3, 0.4) is 0 Å². The lowest BCUT2D eigenvalue weighted by Crippen LogP contribution is -2.43. The number of likely N-dealkylation sites (tertiary alicyclic amines) is 1. The fourth-order valence-electron chi connectivity index (χ4n) is 2.25. The third-order valence-corrected chi connectivity index (χ3v) is 4.48. The highest BCUT2D eigenvalue weighted by Crippen LogP contribution is 2.20. The maximum Gasteiger partial charge on any atom is 0.248 e. The normalized spacial score (nSPS) is 17.3. The van der Waals surface area contributed by atoms with E-state index in [1.807, 2.05) is 13.8 Å². The summed E-state index contributed by atoms with van der Waals surface area (Å²) in [5.74, 6) is -0.119. The number of ether oxygens (including phenoxy) is 1. The molecule has 1 aromatic heterocycles. The molecule has 0 radical (unpaired) electrons. The number of piperidine rings is 1.